The van der Waals surface area contributed by atoms with Crippen LogP contribution in [0.3, 0.4) is 0 Å². The first kappa shape index (κ1) is 9.41. The Hall–Kier alpha value is -0.590. The van der Waals surface area contributed by atoms with Crippen molar-refractivity contribution in [2.75, 3.05) is 7.05 Å². The second-order valence-electron chi connectivity index (χ2n) is 2.67. The van der Waals surface area contributed by atoms with Crippen molar-refractivity contribution < 1.29 is 4.58 Å². The van der Waals surface area contributed by atoms with Gasteiger partial charge in [-0.1, -0.05) is 13.3 Å². The standard InChI is InChI=1S/C9H18N/c1-5-6-7-8-10(4)9(2)3/h8H,2,5-7H2,1,3-4H3/q+1. The molecule has 0 aromatic carbocycles. The van der Waals surface area contributed by atoms with Crippen LogP contribution >= 0.6 is 0 Å². The lowest BCUT2D eigenvalue weighted by molar-refractivity contribution is -0.438. The molecule has 0 atom stereocenters. The summed E-state index contributed by atoms with van der Waals surface area (Å²) in [7, 11) is 2.04. The van der Waals surface area contributed by atoms with Gasteiger partial charge >= 0.3 is 0 Å². The van der Waals surface area contributed by atoms with Gasteiger partial charge in [0.25, 0.3) is 0 Å². The van der Waals surface area contributed by atoms with E-state index < -0.39 is 0 Å². The maximum Gasteiger partial charge on any atom is 0.170 e. The Morgan fingerprint density at radius 3 is 2.60 bits per heavy atom. The topological polar surface area (TPSA) is 3.01 Å². The van der Waals surface area contributed by atoms with E-state index in [2.05, 4.69) is 24.3 Å². The molecule has 1 heteroatoms. The van der Waals surface area contributed by atoms with E-state index in [1.807, 2.05) is 14.0 Å². The van der Waals surface area contributed by atoms with Crippen molar-refractivity contribution >= 4 is 6.21 Å². The minimum atomic E-state index is 1.11. The van der Waals surface area contributed by atoms with Gasteiger partial charge < -0.3 is 0 Å². The lowest BCUT2D eigenvalue weighted by Crippen LogP contribution is -2.02. The molecule has 0 fully saturated rings. The Labute approximate surface area is 64.1 Å². The van der Waals surface area contributed by atoms with Gasteiger partial charge in [-0.25, -0.2) is 4.58 Å². The van der Waals surface area contributed by atoms with Crippen LogP contribution in [-0.2, 0) is 0 Å². The van der Waals surface area contributed by atoms with Gasteiger partial charge in [0.05, 0.1) is 0 Å². The van der Waals surface area contributed by atoms with E-state index in [4.69, 9.17) is 0 Å². The third kappa shape index (κ3) is 4.30. The number of nitrogens with zero attached hydrogens (tertiary/aromatic N) is 1. The van der Waals surface area contributed by atoms with Crippen molar-refractivity contribution in [1.29, 1.82) is 0 Å². The van der Waals surface area contributed by atoms with Crippen LogP contribution in [0.4, 0.5) is 0 Å². The number of unbranched alkanes of at least 4 members (excludes halogenated alkanes) is 2. The maximum absolute atomic E-state index is 3.83. The molecule has 0 spiro atoms. The van der Waals surface area contributed by atoms with Gasteiger partial charge in [0.15, 0.2) is 5.70 Å². The molecule has 0 unspecified atom stereocenters. The highest BCUT2D eigenvalue weighted by Crippen LogP contribution is 1.92. The third-order valence-electron chi connectivity index (χ3n) is 1.56. The third-order valence-corrected chi connectivity index (χ3v) is 1.56. The molecule has 0 heterocycles. The number of hydrogen-bond donors (Lipinski definition) is 0. The molecule has 0 N–H and O–H groups in total. The van der Waals surface area contributed by atoms with Crippen LogP contribution in [0.15, 0.2) is 12.3 Å². The van der Waals surface area contributed by atoms with Gasteiger partial charge in [-0.05, 0) is 13.0 Å². The molecule has 0 aliphatic carbocycles. The zero-order chi connectivity index (χ0) is 7.98. The van der Waals surface area contributed by atoms with Crippen LogP contribution in [0.25, 0.3) is 0 Å². The summed E-state index contributed by atoms with van der Waals surface area (Å²) in [4.78, 5) is 0. The lowest BCUT2D eigenvalue weighted by Gasteiger charge is -1.92. The van der Waals surface area contributed by atoms with Crippen molar-refractivity contribution in [3.05, 3.63) is 12.3 Å². The summed E-state index contributed by atoms with van der Waals surface area (Å²) in [6.07, 6.45) is 5.89. The highest BCUT2D eigenvalue weighted by Gasteiger charge is 1.93. The molecule has 58 valence electrons. The van der Waals surface area contributed by atoms with E-state index in [-0.39, 0.29) is 0 Å². The zero-order valence-electron chi connectivity index (χ0n) is 7.35. The summed E-state index contributed by atoms with van der Waals surface area (Å²) in [5.74, 6) is 0. The predicted octanol–water partition coefficient (Wildman–Crippen LogP) is 2.42. The van der Waals surface area contributed by atoms with Crippen LogP contribution < -0.4 is 0 Å². The van der Waals surface area contributed by atoms with Crippen molar-refractivity contribution in [3.63, 3.8) is 0 Å². The Morgan fingerprint density at radius 1 is 1.60 bits per heavy atom. The fraction of sp³-hybridized carbons (Fsp3) is 0.667. The Bertz CT molecular complexity index is 134. The zero-order valence-corrected chi connectivity index (χ0v) is 7.35. The van der Waals surface area contributed by atoms with E-state index in [1.165, 1.54) is 19.3 Å². The second kappa shape index (κ2) is 5.21. The molecule has 0 aromatic rings. The highest BCUT2D eigenvalue weighted by molar-refractivity contribution is 5.51. The average Bonchev–Trinajstić information content (AvgIpc) is 1.88. The molecule has 0 bridgehead atoms. The van der Waals surface area contributed by atoms with Crippen molar-refractivity contribution in [2.24, 2.45) is 0 Å². The molecule has 0 saturated carbocycles. The van der Waals surface area contributed by atoms with Crippen molar-refractivity contribution in [1.82, 2.24) is 0 Å². The first-order valence-electron chi connectivity index (χ1n) is 3.90. The van der Waals surface area contributed by atoms with Gasteiger partial charge in [-0.15, -0.1) is 0 Å². The molecular weight excluding hydrogens is 122 g/mol. The largest absolute Gasteiger partial charge is 0.210 e. The van der Waals surface area contributed by atoms with E-state index >= 15 is 0 Å². The summed E-state index contributed by atoms with van der Waals surface area (Å²) in [5, 5.41) is 0. The van der Waals surface area contributed by atoms with Gasteiger partial charge in [0.1, 0.15) is 13.3 Å². The van der Waals surface area contributed by atoms with E-state index in [0.717, 1.165) is 5.70 Å². The quantitative estimate of drug-likeness (QED) is 0.320. The summed E-state index contributed by atoms with van der Waals surface area (Å²) < 4.78 is 2.08. The summed E-state index contributed by atoms with van der Waals surface area (Å²) >= 11 is 0. The fourth-order valence-corrected chi connectivity index (χ4v) is 0.645. The van der Waals surface area contributed by atoms with Crippen molar-refractivity contribution in [2.45, 2.75) is 33.1 Å². The molecular formula is C9H18N+. The summed E-state index contributed by atoms with van der Waals surface area (Å²) in [6, 6.07) is 0. The van der Waals surface area contributed by atoms with Crippen LogP contribution in [0, 0.1) is 0 Å². The van der Waals surface area contributed by atoms with E-state index in [9.17, 15) is 0 Å². The Kier molecular flexibility index (Phi) is 4.91. The Balaban J connectivity index is 3.58. The molecule has 0 aromatic heterocycles. The minimum Gasteiger partial charge on any atom is -0.210 e. The molecule has 0 aliphatic heterocycles. The normalized spacial score (nSPS) is 11.7. The molecule has 0 rings (SSSR count). The molecule has 10 heavy (non-hydrogen) atoms. The van der Waals surface area contributed by atoms with E-state index in [0.29, 0.717) is 0 Å². The summed E-state index contributed by atoms with van der Waals surface area (Å²) in [6.45, 7) is 8.05. The first-order valence-corrected chi connectivity index (χ1v) is 3.90. The molecule has 0 radical (unpaired) electrons. The molecule has 1 nitrogen and oxygen atoms in total. The van der Waals surface area contributed by atoms with Gasteiger partial charge in [-0.3, -0.25) is 0 Å². The smallest absolute Gasteiger partial charge is 0.170 e. The number of hydrogen-bond acceptors (Lipinski definition) is 0. The van der Waals surface area contributed by atoms with Crippen LogP contribution in [0.1, 0.15) is 33.1 Å². The average molecular weight is 140 g/mol. The fourth-order valence-electron chi connectivity index (χ4n) is 0.645. The number of rotatable bonds is 4. The van der Waals surface area contributed by atoms with Crippen LogP contribution in [0.2, 0.25) is 0 Å². The van der Waals surface area contributed by atoms with Gasteiger partial charge in [-0.2, -0.15) is 0 Å². The minimum absolute atomic E-state index is 1.11. The SMILES string of the molecule is C=C(C)[N+](C)=CCCCC. The molecule has 0 aliphatic rings. The number of allylic oxidation sites excluding steroid dienone is 1. The lowest BCUT2D eigenvalue weighted by atomic mass is 10.3. The molecule has 0 saturated heterocycles. The monoisotopic (exact) mass is 140 g/mol. The maximum atomic E-state index is 3.83. The highest BCUT2D eigenvalue weighted by atomic mass is 15.0. The van der Waals surface area contributed by atoms with E-state index in [1.54, 1.807) is 0 Å². The summed E-state index contributed by atoms with van der Waals surface area (Å²) in [5.41, 5.74) is 1.11. The second-order valence-corrected chi connectivity index (χ2v) is 2.67. The predicted molar refractivity (Wildman–Crippen MR) is 46.6 cm³/mol. The van der Waals surface area contributed by atoms with Crippen LogP contribution in [-0.4, -0.2) is 17.8 Å². The van der Waals surface area contributed by atoms with Crippen molar-refractivity contribution in [3.8, 4) is 0 Å². The van der Waals surface area contributed by atoms with Gasteiger partial charge in [0, 0.05) is 13.3 Å². The Morgan fingerprint density at radius 2 is 2.20 bits per heavy atom. The molecule has 0 amide bonds. The van der Waals surface area contributed by atoms with Crippen LogP contribution in [0.5, 0.6) is 0 Å². The van der Waals surface area contributed by atoms with Gasteiger partial charge in [0.2, 0.25) is 0 Å². The first-order chi connectivity index (χ1) is 4.68.